The molecule has 0 saturated carbocycles. The van der Waals surface area contributed by atoms with Crippen LogP contribution in [0.2, 0.25) is 0 Å². The van der Waals surface area contributed by atoms with Crippen molar-refractivity contribution in [3.05, 3.63) is 0 Å². The molecule has 84 valence electrons. The summed E-state index contributed by atoms with van der Waals surface area (Å²) in [6.07, 6.45) is 3.99. The van der Waals surface area contributed by atoms with E-state index in [0.717, 1.165) is 12.6 Å². The van der Waals surface area contributed by atoms with Gasteiger partial charge in [0.05, 0.1) is 12.2 Å². The van der Waals surface area contributed by atoms with Crippen LogP contribution in [-0.4, -0.2) is 60.4 Å². The topological polar surface area (TPSA) is 49.7 Å². The lowest BCUT2D eigenvalue weighted by Gasteiger charge is -2.18. The van der Waals surface area contributed by atoms with Crippen molar-refractivity contribution in [2.24, 2.45) is 0 Å². The average Bonchev–Trinajstić information content (AvgIpc) is 2.28. The van der Waals surface area contributed by atoms with Crippen molar-refractivity contribution in [1.82, 2.24) is 0 Å². The lowest BCUT2D eigenvalue weighted by Crippen LogP contribution is -2.31. The molecule has 1 rings (SSSR count). The van der Waals surface area contributed by atoms with Gasteiger partial charge in [-0.2, -0.15) is 0 Å². The van der Waals surface area contributed by atoms with E-state index in [9.17, 15) is 10.2 Å². The van der Waals surface area contributed by atoms with Gasteiger partial charge in [0, 0.05) is 0 Å². The first-order valence-corrected chi connectivity index (χ1v) is 8.05. The normalized spacial score (nSPS) is 38.9. The molecule has 0 aromatic carbocycles. The molecule has 0 aromatic heterocycles. The Kier molecular flexibility index (Phi) is 3.81. The van der Waals surface area contributed by atoms with E-state index in [2.05, 4.69) is 19.6 Å². The van der Waals surface area contributed by atoms with E-state index in [1.165, 1.54) is 0 Å². The summed E-state index contributed by atoms with van der Waals surface area (Å²) in [7, 11) is 0. The van der Waals surface area contributed by atoms with Crippen LogP contribution in [0.1, 0.15) is 13.3 Å². The van der Waals surface area contributed by atoms with Crippen LogP contribution in [0.25, 0.3) is 0 Å². The molecule has 1 aliphatic rings. The molecule has 1 fully saturated rings. The molecule has 4 heteroatoms. The Hall–Kier alpha value is 0.180. The number of ether oxygens (including phenoxy) is 1. The molecule has 1 heterocycles. The van der Waals surface area contributed by atoms with Crippen molar-refractivity contribution in [2.45, 2.75) is 37.8 Å². The van der Waals surface area contributed by atoms with Gasteiger partial charge in [-0.1, -0.05) is 0 Å². The second-order valence-electron chi connectivity index (χ2n) is 4.81. The minimum Gasteiger partial charge on any atom is -0.388 e. The smallest absolute Gasteiger partial charge is 0.109 e. The minimum absolute atomic E-state index is 0.207. The highest BCUT2D eigenvalue weighted by atomic mass is 31.2. The zero-order valence-electron chi connectivity index (χ0n) is 9.18. The molecular weight excluding hydrogens is 199 g/mol. The summed E-state index contributed by atoms with van der Waals surface area (Å²) < 4.78 is 5.47. The van der Waals surface area contributed by atoms with E-state index in [0.29, 0.717) is 0 Å². The van der Waals surface area contributed by atoms with Gasteiger partial charge in [0.2, 0.25) is 0 Å². The predicted molar refractivity (Wildman–Crippen MR) is 61.7 cm³/mol. The molecule has 0 amide bonds. The maximum absolute atomic E-state index is 9.64. The SMILES string of the molecule is C=P(C)(C)CC[C@H]1O[C@@H](C)[C@H](O)[C@@H]1O. The first kappa shape index (κ1) is 12.3. The number of hydrogen-bond donors (Lipinski definition) is 2. The van der Waals surface area contributed by atoms with Crippen molar-refractivity contribution in [1.29, 1.82) is 0 Å². The zero-order valence-corrected chi connectivity index (χ0v) is 10.1. The van der Waals surface area contributed by atoms with Crippen molar-refractivity contribution < 1.29 is 14.9 Å². The first-order chi connectivity index (χ1) is 6.31. The lowest BCUT2D eigenvalue weighted by molar-refractivity contribution is 0.0150. The number of hydrogen-bond acceptors (Lipinski definition) is 3. The summed E-state index contributed by atoms with van der Waals surface area (Å²) in [4.78, 5) is 0. The Morgan fingerprint density at radius 1 is 1.29 bits per heavy atom. The largest absolute Gasteiger partial charge is 0.388 e. The Labute approximate surface area is 86.1 Å². The molecule has 14 heavy (non-hydrogen) atoms. The van der Waals surface area contributed by atoms with E-state index in [1.807, 2.05) is 0 Å². The van der Waals surface area contributed by atoms with Gasteiger partial charge in [-0.15, -0.1) is 13.2 Å². The van der Waals surface area contributed by atoms with Crippen molar-refractivity contribution in [3.8, 4) is 0 Å². The van der Waals surface area contributed by atoms with Crippen LogP contribution in [0.15, 0.2) is 0 Å². The molecule has 0 spiro atoms. The number of aliphatic hydroxyl groups excluding tert-OH is 2. The van der Waals surface area contributed by atoms with Crippen LogP contribution in [0, 0.1) is 0 Å². The van der Waals surface area contributed by atoms with E-state index in [4.69, 9.17) is 4.74 Å². The van der Waals surface area contributed by atoms with Gasteiger partial charge in [0.1, 0.15) is 12.2 Å². The van der Waals surface area contributed by atoms with Gasteiger partial charge < -0.3 is 14.9 Å². The summed E-state index contributed by atoms with van der Waals surface area (Å²) in [6, 6.07) is 0. The highest BCUT2D eigenvalue weighted by Gasteiger charge is 2.39. The van der Waals surface area contributed by atoms with Crippen LogP contribution in [0.3, 0.4) is 0 Å². The van der Waals surface area contributed by atoms with Gasteiger partial charge in [0.15, 0.2) is 0 Å². The van der Waals surface area contributed by atoms with Crippen molar-refractivity contribution in [2.75, 3.05) is 19.5 Å². The van der Waals surface area contributed by atoms with Crippen molar-refractivity contribution >= 4 is 13.2 Å². The standard InChI is InChI=1S/C10H21O3P/c1-7-9(11)10(12)8(13-7)5-6-14(2,3)4/h7-12H,2,5-6H2,1,3-4H3/t7-,8+,9-,10+/m0/s1. The molecule has 0 aromatic rings. The third-order valence-corrected chi connectivity index (χ3v) is 4.09. The molecule has 0 unspecified atom stereocenters. The van der Waals surface area contributed by atoms with Crippen molar-refractivity contribution in [3.63, 3.8) is 0 Å². The number of rotatable bonds is 3. The Balaban J connectivity index is 2.44. The Morgan fingerprint density at radius 2 is 1.86 bits per heavy atom. The zero-order chi connectivity index (χ0) is 10.9. The fraction of sp³-hybridized carbons (Fsp3) is 0.900. The summed E-state index contributed by atoms with van der Waals surface area (Å²) >= 11 is 0. The molecule has 0 aliphatic carbocycles. The monoisotopic (exact) mass is 220 g/mol. The Bertz CT molecular complexity index is 236. The fourth-order valence-corrected chi connectivity index (χ4v) is 2.60. The second kappa shape index (κ2) is 4.36. The summed E-state index contributed by atoms with van der Waals surface area (Å²) in [6.45, 7) is 5.05. The Morgan fingerprint density at radius 3 is 2.21 bits per heavy atom. The summed E-state index contributed by atoms with van der Waals surface area (Å²) in [5.41, 5.74) is 0. The third kappa shape index (κ3) is 3.09. The molecule has 3 nitrogen and oxygen atoms in total. The quantitative estimate of drug-likeness (QED) is 0.685. The first-order valence-electron chi connectivity index (χ1n) is 5.00. The average molecular weight is 220 g/mol. The maximum atomic E-state index is 9.64. The third-order valence-electron chi connectivity index (χ3n) is 2.62. The second-order valence-corrected chi connectivity index (χ2v) is 9.13. The van der Waals surface area contributed by atoms with Gasteiger partial charge in [-0.25, -0.2) is 0 Å². The highest BCUT2D eigenvalue weighted by Crippen LogP contribution is 2.37. The van der Waals surface area contributed by atoms with E-state index >= 15 is 0 Å². The molecule has 4 atom stereocenters. The van der Waals surface area contributed by atoms with Crippen LogP contribution in [0.5, 0.6) is 0 Å². The highest BCUT2D eigenvalue weighted by molar-refractivity contribution is 7.72. The van der Waals surface area contributed by atoms with Crippen LogP contribution in [0.4, 0.5) is 0 Å². The summed E-state index contributed by atoms with van der Waals surface area (Å²) in [5, 5.41) is 19.1. The molecule has 0 bridgehead atoms. The molecular formula is C10H21O3P. The lowest BCUT2D eigenvalue weighted by atomic mass is 10.1. The van der Waals surface area contributed by atoms with E-state index in [1.54, 1.807) is 6.92 Å². The van der Waals surface area contributed by atoms with Gasteiger partial charge >= 0.3 is 0 Å². The van der Waals surface area contributed by atoms with Gasteiger partial charge in [0.25, 0.3) is 0 Å². The van der Waals surface area contributed by atoms with Crippen LogP contribution in [-0.2, 0) is 4.74 Å². The molecule has 2 N–H and O–H groups in total. The maximum Gasteiger partial charge on any atom is 0.109 e. The van der Waals surface area contributed by atoms with Gasteiger partial charge in [-0.05, 0) is 32.8 Å². The van der Waals surface area contributed by atoms with Gasteiger partial charge in [-0.3, -0.25) is 0 Å². The fourth-order valence-electron chi connectivity index (χ4n) is 1.65. The summed E-state index contributed by atoms with van der Waals surface area (Å²) in [5.74, 6) is 0. The van der Waals surface area contributed by atoms with E-state index < -0.39 is 19.1 Å². The molecule has 1 aliphatic heterocycles. The predicted octanol–water partition coefficient (Wildman–Crippen LogP) is 0.595. The van der Waals surface area contributed by atoms with Crippen LogP contribution < -0.4 is 0 Å². The molecule has 1 saturated heterocycles. The van der Waals surface area contributed by atoms with E-state index in [-0.39, 0.29) is 12.2 Å². The minimum atomic E-state index is -1.06. The number of aliphatic hydroxyl groups is 2. The van der Waals surface area contributed by atoms with Crippen LogP contribution >= 0.6 is 6.89 Å². The molecule has 0 radical (unpaired) electrons.